The summed E-state index contributed by atoms with van der Waals surface area (Å²) in [7, 11) is 0. The minimum atomic E-state index is -0.543. The van der Waals surface area contributed by atoms with Crippen LogP contribution in [0.1, 0.15) is 31.9 Å². The summed E-state index contributed by atoms with van der Waals surface area (Å²) in [6, 6.07) is 3.55. The highest BCUT2D eigenvalue weighted by atomic mass is 19.1. The summed E-state index contributed by atoms with van der Waals surface area (Å²) in [5.41, 5.74) is 5.87. The lowest BCUT2D eigenvalue weighted by molar-refractivity contribution is 0.258. The summed E-state index contributed by atoms with van der Waals surface area (Å²) in [5.74, 6) is -0.728. The molecule has 5 heteroatoms. The molecule has 0 spiro atoms. The highest BCUT2D eigenvalue weighted by molar-refractivity contribution is 5.80. The molecule has 0 bridgehead atoms. The molecule has 2 unspecified atom stereocenters. The van der Waals surface area contributed by atoms with Crippen LogP contribution in [-0.2, 0) is 0 Å². The molecule has 1 aromatic rings. The number of nitrogens with zero attached hydrogens (tertiary/aromatic N) is 2. The van der Waals surface area contributed by atoms with Crippen LogP contribution < -0.4 is 5.73 Å². The number of aliphatic imine (C=N–C) groups is 1. The second kappa shape index (κ2) is 4.92. The van der Waals surface area contributed by atoms with Crippen LogP contribution >= 0.6 is 0 Å². The Kier molecular flexibility index (Phi) is 3.50. The van der Waals surface area contributed by atoms with E-state index in [2.05, 4.69) is 4.99 Å². The smallest absolute Gasteiger partial charge is 0.192 e. The van der Waals surface area contributed by atoms with Crippen molar-refractivity contribution in [3.63, 3.8) is 0 Å². The first-order chi connectivity index (χ1) is 8.56. The number of hydrogen-bond acceptors (Lipinski definition) is 3. The topological polar surface area (TPSA) is 41.6 Å². The fraction of sp³-hybridized carbons (Fsp3) is 0.462. The van der Waals surface area contributed by atoms with Crippen LogP contribution in [0, 0.1) is 11.6 Å². The van der Waals surface area contributed by atoms with Gasteiger partial charge in [0.2, 0.25) is 0 Å². The molecule has 0 radical (unpaired) electrons. The van der Waals surface area contributed by atoms with Crippen LogP contribution in [0.4, 0.5) is 8.78 Å². The van der Waals surface area contributed by atoms with Gasteiger partial charge in [0, 0.05) is 11.6 Å². The van der Waals surface area contributed by atoms with Crippen molar-refractivity contribution in [3.05, 3.63) is 35.4 Å². The predicted octanol–water partition coefficient (Wildman–Crippen LogP) is 2.43. The maximum absolute atomic E-state index is 13.8. The van der Waals surface area contributed by atoms with Gasteiger partial charge in [0.15, 0.2) is 5.96 Å². The highest BCUT2D eigenvalue weighted by Gasteiger charge is 2.33. The first kappa shape index (κ1) is 12.8. The summed E-state index contributed by atoms with van der Waals surface area (Å²) >= 11 is 0. The zero-order chi connectivity index (χ0) is 13.3. The SMILES string of the molecule is CCC(C)N1C(N)=NCC1c1c(F)cccc1F. The number of hydrogen-bond donors (Lipinski definition) is 1. The first-order valence-electron chi connectivity index (χ1n) is 6.08. The number of nitrogens with two attached hydrogens (primary N) is 1. The Balaban J connectivity index is 2.39. The molecule has 3 nitrogen and oxygen atoms in total. The van der Waals surface area contributed by atoms with Gasteiger partial charge in [-0.05, 0) is 25.5 Å². The van der Waals surface area contributed by atoms with E-state index in [1.165, 1.54) is 18.2 Å². The lowest BCUT2D eigenvalue weighted by atomic mass is 10.0. The van der Waals surface area contributed by atoms with E-state index in [1.54, 1.807) is 4.90 Å². The van der Waals surface area contributed by atoms with E-state index in [0.29, 0.717) is 12.5 Å². The molecular formula is C13H17F2N3. The summed E-state index contributed by atoms with van der Waals surface area (Å²) in [4.78, 5) is 5.91. The molecule has 1 aromatic carbocycles. The van der Waals surface area contributed by atoms with Gasteiger partial charge in [0.05, 0.1) is 12.6 Å². The lowest BCUT2D eigenvalue weighted by Gasteiger charge is -2.32. The van der Waals surface area contributed by atoms with Gasteiger partial charge in [-0.3, -0.25) is 4.99 Å². The van der Waals surface area contributed by atoms with Gasteiger partial charge in [-0.2, -0.15) is 0 Å². The number of halogens is 2. The van der Waals surface area contributed by atoms with Gasteiger partial charge < -0.3 is 10.6 Å². The molecule has 0 aliphatic carbocycles. The third-order valence-corrected chi connectivity index (χ3v) is 3.43. The monoisotopic (exact) mass is 253 g/mol. The summed E-state index contributed by atoms with van der Waals surface area (Å²) < 4.78 is 27.6. The largest absolute Gasteiger partial charge is 0.370 e. The summed E-state index contributed by atoms with van der Waals surface area (Å²) in [5, 5.41) is 0. The van der Waals surface area contributed by atoms with Gasteiger partial charge in [-0.25, -0.2) is 8.78 Å². The molecule has 0 fully saturated rings. The van der Waals surface area contributed by atoms with E-state index < -0.39 is 17.7 Å². The van der Waals surface area contributed by atoms with Gasteiger partial charge in [-0.1, -0.05) is 13.0 Å². The van der Waals surface area contributed by atoms with Crippen molar-refractivity contribution in [2.24, 2.45) is 10.7 Å². The third kappa shape index (κ3) is 2.05. The van der Waals surface area contributed by atoms with Crippen LogP contribution in [0.15, 0.2) is 23.2 Å². The molecule has 0 saturated carbocycles. The molecule has 1 aliphatic heterocycles. The van der Waals surface area contributed by atoms with Crippen LogP contribution in [0.3, 0.4) is 0 Å². The van der Waals surface area contributed by atoms with Gasteiger partial charge in [0.25, 0.3) is 0 Å². The van der Waals surface area contributed by atoms with E-state index in [0.717, 1.165) is 6.42 Å². The van der Waals surface area contributed by atoms with Crippen LogP contribution in [0.5, 0.6) is 0 Å². The standard InChI is InChI=1S/C13H17F2N3/c1-3-8(2)18-11(7-17-13(18)16)12-9(14)5-4-6-10(12)15/h4-6,8,11H,3,7H2,1-2H3,(H2,16,17). The quantitative estimate of drug-likeness (QED) is 0.899. The van der Waals surface area contributed by atoms with Crippen LogP contribution in [0.2, 0.25) is 0 Å². The minimum absolute atomic E-state index is 0.0574. The molecule has 0 aromatic heterocycles. The minimum Gasteiger partial charge on any atom is -0.370 e. The molecule has 1 heterocycles. The van der Waals surface area contributed by atoms with Crippen molar-refractivity contribution in [1.82, 2.24) is 4.90 Å². The molecule has 2 N–H and O–H groups in total. The molecule has 1 aliphatic rings. The second-order valence-corrected chi connectivity index (χ2v) is 4.51. The molecule has 18 heavy (non-hydrogen) atoms. The fourth-order valence-corrected chi connectivity index (χ4v) is 2.30. The molecule has 98 valence electrons. The van der Waals surface area contributed by atoms with Crippen LogP contribution in [0.25, 0.3) is 0 Å². The Bertz CT molecular complexity index is 453. The zero-order valence-electron chi connectivity index (χ0n) is 10.5. The molecule has 0 saturated heterocycles. The van der Waals surface area contributed by atoms with Crippen molar-refractivity contribution >= 4 is 5.96 Å². The Labute approximate surface area is 105 Å². The summed E-state index contributed by atoms with van der Waals surface area (Å²) in [6.07, 6.45) is 0.836. The second-order valence-electron chi connectivity index (χ2n) is 4.51. The number of rotatable bonds is 3. The van der Waals surface area contributed by atoms with Gasteiger partial charge >= 0.3 is 0 Å². The Morgan fingerprint density at radius 3 is 2.61 bits per heavy atom. The molecule has 2 atom stereocenters. The number of guanidine groups is 1. The average molecular weight is 253 g/mol. The molecule has 0 amide bonds. The maximum atomic E-state index is 13.8. The molecular weight excluding hydrogens is 236 g/mol. The van der Waals surface area contributed by atoms with E-state index in [-0.39, 0.29) is 11.6 Å². The van der Waals surface area contributed by atoms with E-state index in [9.17, 15) is 8.78 Å². The highest BCUT2D eigenvalue weighted by Crippen LogP contribution is 2.31. The Morgan fingerprint density at radius 1 is 1.44 bits per heavy atom. The van der Waals surface area contributed by atoms with Crippen molar-refractivity contribution in [3.8, 4) is 0 Å². The van der Waals surface area contributed by atoms with Crippen LogP contribution in [-0.4, -0.2) is 23.4 Å². The normalized spacial score (nSPS) is 21.0. The average Bonchev–Trinajstić information content (AvgIpc) is 2.70. The van der Waals surface area contributed by atoms with Gasteiger partial charge in [0.1, 0.15) is 11.6 Å². The van der Waals surface area contributed by atoms with Crippen molar-refractivity contribution in [2.45, 2.75) is 32.4 Å². The fourth-order valence-electron chi connectivity index (χ4n) is 2.30. The first-order valence-corrected chi connectivity index (χ1v) is 6.08. The van der Waals surface area contributed by atoms with Crippen molar-refractivity contribution < 1.29 is 8.78 Å². The maximum Gasteiger partial charge on any atom is 0.192 e. The van der Waals surface area contributed by atoms with E-state index in [4.69, 9.17) is 5.73 Å². The predicted molar refractivity (Wildman–Crippen MR) is 67.2 cm³/mol. The van der Waals surface area contributed by atoms with Crippen molar-refractivity contribution in [2.75, 3.05) is 6.54 Å². The zero-order valence-corrected chi connectivity index (χ0v) is 10.5. The Morgan fingerprint density at radius 2 is 2.06 bits per heavy atom. The van der Waals surface area contributed by atoms with E-state index >= 15 is 0 Å². The lowest BCUT2D eigenvalue weighted by Crippen LogP contribution is -2.42. The van der Waals surface area contributed by atoms with Crippen molar-refractivity contribution in [1.29, 1.82) is 0 Å². The van der Waals surface area contributed by atoms with Gasteiger partial charge in [-0.15, -0.1) is 0 Å². The van der Waals surface area contributed by atoms with E-state index in [1.807, 2.05) is 13.8 Å². The summed E-state index contributed by atoms with van der Waals surface area (Å²) in [6.45, 7) is 4.28. The number of benzene rings is 1. The Hall–Kier alpha value is -1.65. The third-order valence-electron chi connectivity index (χ3n) is 3.43. The molecule has 2 rings (SSSR count).